The van der Waals surface area contributed by atoms with Crippen molar-refractivity contribution in [3.05, 3.63) is 29.8 Å². The molecule has 2 heterocycles. The molecule has 4 rings (SSSR count). The van der Waals surface area contributed by atoms with Gasteiger partial charge in [-0.15, -0.1) is 0 Å². The molecule has 8 heteroatoms. The number of methoxy groups -OCH3 is 1. The maximum absolute atomic E-state index is 13.4. The second kappa shape index (κ2) is 8.21. The van der Waals surface area contributed by atoms with E-state index >= 15 is 0 Å². The summed E-state index contributed by atoms with van der Waals surface area (Å²) in [5.41, 5.74) is 0.901. The van der Waals surface area contributed by atoms with Gasteiger partial charge in [-0.05, 0) is 67.8 Å². The van der Waals surface area contributed by atoms with E-state index in [-0.39, 0.29) is 6.42 Å². The highest BCUT2D eigenvalue weighted by Gasteiger charge is 2.49. The Morgan fingerprint density at radius 1 is 1.20 bits per heavy atom. The number of carbonyl (C=O) groups excluding carboxylic acids is 1. The van der Waals surface area contributed by atoms with Gasteiger partial charge in [0.05, 0.1) is 25.3 Å². The number of carbonyl (C=O) groups is 1. The number of hydrazone groups is 1. The van der Waals surface area contributed by atoms with Crippen LogP contribution in [0, 0.1) is 23.7 Å². The summed E-state index contributed by atoms with van der Waals surface area (Å²) in [7, 11) is 1.24. The van der Waals surface area contributed by atoms with Crippen molar-refractivity contribution in [2.24, 2.45) is 28.8 Å². The van der Waals surface area contributed by atoms with Crippen LogP contribution in [0.15, 0.2) is 29.4 Å². The highest BCUT2D eigenvalue weighted by molar-refractivity contribution is 5.96. The summed E-state index contributed by atoms with van der Waals surface area (Å²) in [5, 5.41) is 8.71. The zero-order valence-corrected chi connectivity index (χ0v) is 17.3. The zero-order chi connectivity index (χ0) is 21.5. The molecular weight excluding hydrogens is 395 g/mol. The highest BCUT2D eigenvalue weighted by atomic mass is 19.4. The molecule has 3 aliphatic rings. The number of anilines is 1. The molecular formula is C22H28F3N3O2. The summed E-state index contributed by atoms with van der Waals surface area (Å²) < 4.78 is 44.9. The fourth-order valence-electron chi connectivity index (χ4n) is 5.35. The minimum atomic E-state index is -4.53. The fraction of sp³-hybridized carbons (Fsp3) is 0.636. The molecule has 2 aliphatic heterocycles. The number of fused-ring (bicyclic) bond motifs is 2. The Kier molecular flexibility index (Phi) is 5.79. The van der Waals surface area contributed by atoms with Crippen LogP contribution in [0.3, 0.4) is 0 Å². The molecule has 1 saturated carbocycles. The third-order valence-corrected chi connectivity index (χ3v) is 7.04. The first-order chi connectivity index (χ1) is 14.3. The van der Waals surface area contributed by atoms with Gasteiger partial charge in [0.15, 0.2) is 0 Å². The summed E-state index contributed by atoms with van der Waals surface area (Å²) in [6, 6.07) is 6.88. The molecule has 164 valence electrons. The van der Waals surface area contributed by atoms with Gasteiger partial charge in [-0.25, -0.2) is 0 Å². The lowest BCUT2D eigenvalue weighted by Crippen LogP contribution is -2.39. The van der Waals surface area contributed by atoms with E-state index in [9.17, 15) is 18.0 Å². The molecule has 1 aromatic rings. The van der Waals surface area contributed by atoms with E-state index < -0.39 is 29.8 Å². The average molecular weight is 423 g/mol. The molecule has 2 unspecified atom stereocenters. The molecule has 0 radical (unpaired) electrons. The Bertz CT molecular complexity index is 793. The first kappa shape index (κ1) is 21.2. The quantitative estimate of drug-likeness (QED) is 0.733. The van der Waals surface area contributed by atoms with Gasteiger partial charge in [-0.1, -0.05) is 19.1 Å². The smallest absolute Gasteiger partial charge is 0.431 e. The number of alkyl halides is 3. The number of ether oxygens (including phenoxy) is 1. The number of hydrogen-bond acceptors (Lipinski definition) is 5. The van der Waals surface area contributed by atoms with Crippen molar-refractivity contribution in [1.29, 1.82) is 0 Å². The molecule has 0 amide bonds. The van der Waals surface area contributed by atoms with E-state index in [1.54, 1.807) is 0 Å². The predicted molar refractivity (Wildman–Crippen MR) is 108 cm³/mol. The third-order valence-electron chi connectivity index (χ3n) is 7.04. The van der Waals surface area contributed by atoms with Crippen molar-refractivity contribution < 1.29 is 22.7 Å². The summed E-state index contributed by atoms with van der Waals surface area (Å²) in [6.45, 7) is 3.62. The lowest BCUT2D eigenvalue weighted by Gasteiger charge is -2.31. The lowest BCUT2D eigenvalue weighted by molar-refractivity contribution is -0.141. The number of rotatable bonds is 5. The number of hydrogen-bond donors (Lipinski definition) is 1. The van der Waals surface area contributed by atoms with Crippen LogP contribution in [-0.2, 0) is 16.0 Å². The van der Waals surface area contributed by atoms with Crippen LogP contribution in [0.25, 0.3) is 0 Å². The summed E-state index contributed by atoms with van der Waals surface area (Å²) in [6.07, 6.45) is -1.14. The van der Waals surface area contributed by atoms with Crippen LogP contribution in [-0.4, -0.2) is 44.1 Å². The zero-order valence-electron chi connectivity index (χ0n) is 17.3. The van der Waals surface area contributed by atoms with Crippen molar-refractivity contribution in [2.75, 3.05) is 25.2 Å². The topological polar surface area (TPSA) is 53.9 Å². The van der Waals surface area contributed by atoms with Gasteiger partial charge in [0, 0.05) is 5.92 Å². The average Bonchev–Trinajstić information content (AvgIpc) is 3.13. The maximum atomic E-state index is 13.4. The van der Waals surface area contributed by atoms with Gasteiger partial charge in [0.2, 0.25) is 0 Å². The van der Waals surface area contributed by atoms with E-state index in [1.165, 1.54) is 37.4 Å². The number of nitrogens with one attached hydrogen (secondary N) is 1. The first-order valence-electron chi connectivity index (χ1n) is 10.6. The third kappa shape index (κ3) is 4.06. The highest BCUT2D eigenvalue weighted by Crippen LogP contribution is 2.41. The largest absolute Gasteiger partial charge is 0.469 e. The number of halogens is 3. The van der Waals surface area contributed by atoms with Crippen LogP contribution in [0.2, 0.25) is 0 Å². The minimum absolute atomic E-state index is 0.152. The number of benzene rings is 1. The summed E-state index contributed by atoms with van der Waals surface area (Å²) in [4.78, 5) is 11.8. The van der Waals surface area contributed by atoms with E-state index in [0.717, 1.165) is 19.5 Å². The van der Waals surface area contributed by atoms with E-state index in [0.29, 0.717) is 23.4 Å². The van der Waals surface area contributed by atoms with Gasteiger partial charge in [0.25, 0.3) is 0 Å². The van der Waals surface area contributed by atoms with Crippen molar-refractivity contribution in [3.8, 4) is 0 Å². The fourth-order valence-corrected chi connectivity index (χ4v) is 5.35. The maximum Gasteiger partial charge on any atom is 0.431 e. The van der Waals surface area contributed by atoms with E-state index in [2.05, 4.69) is 10.4 Å². The van der Waals surface area contributed by atoms with Crippen LogP contribution >= 0.6 is 0 Å². The molecule has 2 bridgehead atoms. The molecule has 0 spiro atoms. The molecule has 5 atom stereocenters. The van der Waals surface area contributed by atoms with Crippen LogP contribution in [0.1, 0.15) is 31.7 Å². The first-order valence-corrected chi connectivity index (χ1v) is 10.6. The monoisotopic (exact) mass is 423 g/mol. The molecule has 1 saturated heterocycles. The SMILES string of the molecule is COC(=O)C[C@H]1[C@H](C)C(C(F)(F)F)=NN1c1ccc(CC2C3CC[C@@H]2CNC3)cc1. The summed E-state index contributed by atoms with van der Waals surface area (Å²) in [5.74, 6) is 0.630. The Morgan fingerprint density at radius 2 is 1.83 bits per heavy atom. The van der Waals surface area contributed by atoms with Crippen molar-refractivity contribution in [1.82, 2.24) is 5.32 Å². The van der Waals surface area contributed by atoms with E-state index in [1.807, 2.05) is 24.3 Å². The van der Waals surface area contributed by atoms with E-state index in [4.69, 9.17) is 4.74 Å². The number of piperidine rings is 1. The Hall–Kier alpha value is -2.09. The lowest BCUT2D eigenvalue weighted by atomic mass is 9.81. The second-order valence-corrected chi connectivity index (χ2v) is 8.75. The Balaban J connectivity index is 1.53. The van der Waals surface area contributed by atoms with Crippen molar-refractivity contribution >= 4 is 17.4 Å². The minimum Gasteiger partial charge on any atom is -0.469 e. The number of esters is 1. The van der Waals surface area contributed by atoms with Gasteiger partial charge < -0.3 is 10.1 Å². The van der Waals surface area contributed by atoms with Crippen molar-refractivity contribution in [2.45, 2.75) is 44.8 Å². The molecule has 30 heavy (non-hydrogen) atoms. The molecule has 0 aromatic heterocycles. The predicted octanol–water partition coefficient (Wildman–Crippen LogP) is 3.78. The van der Waals surface area contributed by atoms with Crippen LogP contribution in [0.4, 0.5) is 18.9 Å². The summed E-state index contributed by atoms with van der Waals surface area (Å²) >= 11 is 0. The van der Waals surface area contributed by atoms with Gasteiger partial charge >= 0.3 is 12.1 Å². The Morgan fingerprint density at radius 3 is 2.40 bits per heavy atom. The second-order valence-electron chi connectivity index (χ2n) is 8.75. The van der Waals surface area contributed by atoms with Crippen molar-refractivity contribution in [3.63, 3.8) is 0 Å². The normalized spacial score (nSPS) is 31.0. The standard InChI is InChI=1S/C22H28F3N3O2/c1-13-19(10-20(29)30-2)28(27-21(13)22(23,24)25)17-7-3-14(4-8-17)9-18-15-5-6-16(18)12-26-11-15/h3-4,7-8,13,15-16,18-19,26H,5-6,9-12H2,1-2H3/t13-,15+,16?,18?,19-/m0/s1. The van der Waals surface area contributed by atoms with Crippen LogP contribution < -0.4 is 10.3 Å². The van der Waals surface area contributed by atoms with Crippen LogP contribution in [0.5, 0.6) is 0 Å². The van der Waals surface area contributed by atoms with Gasteiger partial charge in [-0.2, -0.15) is 18.3 Å². The molecule has 1 N–H and O–H groups in total. The number of nitrogens with zero attached hydrogens (tertiary/aromatic N) is 2. The molecule has 5 nitrogen and oxygen atoms in total. The van der Waals surface area contributed by atoms with Gasteiger partial charge in [-0.3, -0.25) is 9.80 Å². The van der Waals surface area contributed by atoms with Gasteiger partial charge in [0.1, 0.15) is 5.71 Å². The molecule has 1 aromatic carbocycles. The Labute approximate surface area is 174 Å². The molecule has 2 fully saturated rings. The molecule has 1 aliphatic carbocycles.